The van der Waals surface area contributed by atoms with Crippen molar-refractivity contribution in [1.82, 2.24) is 20.3 Å². The second-order valence-electron chi connectivity index (χ2n) is 18.6. The van der Waals surface area contributed by atoms with Crippen molar-refractivity contribution in [3.63, 3.8) is 0 Å². The predicted octanol–water partition coefficient (Wildman–Crippen LogP) is 10.8. The number of hydrogen-bond acceptors (Lipinski definition) is 20. The fourth-order valence-corrected chi connectivity index (χ4v) is 4.02. The average molecular weight is 815 g/mol. The van der Waals surface area contributed by atoms with Gasteiger partial charge in [-0.1, -0.05) is 14.9 Å². The molecular formula is C34H94N4O16+2. The van der Waals surface area contributed by atoms with E-state index in [0.29, 0.717) is 0 Å². The summed E-state index contributed by atoms with van der Waals surface area (Å²) in [6.07, 6.45) is 0. The SMILES string of the molecule is C.C.CC(C)(C)N(O)C(C)(C)C.CC(C)(C)N(O)C(C)(C)C.CC(C)(C)N(O)C(C)(C)C.CC(C)(C)N(O)C(C)(C)C.O=O.O=O.OO.OO.OO.OO.[H+].[H+]. The summed E-state index contributed by atoms with van der Waals surface area (Å²) in [7, 11) is 0. The molecule has 0 radical (unpaired) electrons. The Morgan fingerprint density at radius 1 is 0.241 bits per heavy atom. The van der Waals surface area contributed by atoms with Gasteiger partial charge in [-0.3, -0.25) is 42.1 Å². The van der Waals surface area contributed by atoms with Crippen LogP contribution in [-0.2, 0) is 0 Å². The molecule has 0 aromatic carbocycles. The lowest BCUT2D eigenvalue weighted by Gasteiger charge is -2.39. The second kappa shape index (κ2) is 38.4. The first-order chi connectivity index (χ1) is 22.6. The lowest BCUT2D eigenvalue weighted by Crippen LogP contribution is -2.50. The normalized spacial score (nSPS) is 11.3. The van der Waals surface area contributed by atoms with Gasteiger partial charge in [-0.25, -0.2) is 0 Å². The molecule has 54 heavy (non-hydrogen) atoms. The molecule has 0 spiro atoms. The van der Waals surface area contributed by atoms with Crippen LogP contribution < -0.4 is 0 Å². The lowest BCUT2D eigenvalue weighted by molar-refractivity contribution is -0.212. The molecule has 0 aliphatic rings. The average Bonchev–Trinajstić information content (AvgIpc) is 2.99. The number of hydroxylamine groups is 8. The molecule has 0 heterocycles. The van der Waals surface area contributed by atoms with Crippen LogP contribution in [0.15, 0.2) is 0 Å². The summed E-state index contributed by atoms with van der Waals surface area (Å²) in [6, 6.07) is 0. The monoisotopic (exact) mass is 815 g/mol. The van der Waals surface area contributed by atoms with Gasteiger partial charge in [0.15, 0.2) is 0 Å². The minimum atomic E-state index is -0.168. The van der Waals surface area contributed by atoms with Crippen molar-refractivity contribution in [1.29, 1.82) is 0 Å². The maximum atomic E-state index is 9.56. The highest BCUT2D eigenvalue weighted by atomic mass is 17.0. The van der Waals surface area contributed by atoms with Crippen LogP contribution >= 0.6 is 0 Å². The highest BCUT2D eigenvalue weighted by Crippen LogP contribution is 2.23. The summed E-state index contributed by atoms with van der Waals surface area (Å²) < 4.78 is 0. The Kier molecular flexibility index (Phi) is 60.5. The van der Waals surface area contributed by atoms with Crippen molar-refractivity contribution >= 4 is 0 Å². The summed E-state index contributed by atoms with van der Waals surface area (Å²) >= 11 is 0. The Bertz CT molecular complexity index is 562. The van der Waals surface area contributed by atoms with Crippen LogP contribution in [0.25, 0.3) is 0 Å². The van der Waals surface area contributed by atoms with E-state index in [0.717, 1.165) is 0 Å². The van der Waals surface area contributed by atoms with Crippen molar-refractivity contribution in [2.24, 2.45) is 0 Å². The summed E-state index contributed by atoms with van der Waals surface area (Å²) in [5.41, 5.74) is -1.35. The molecule has 0 aromatic rings. The molecule has 344 valence electrons. The quantitative estimate of drug-likeness (QED) is 0.0798. The van der Waals surface area contributed by atoms with E-state index in [4.69, 9.17) is 61.9 Å². The Labute approximate surface area is 331 Å². The van der Waals surface area contributed by atoms with Crippen molar-refractivity contribution < 1.29 is 65.7 Å². The van der Waals surface area contributed by atoms with Crippen LogP contribution in [0.4, 0.5) is 0 Å². The number of hydrogen-bond donors (Lipinski definition) is 12. The Balaban J connectivity index is -0.0000000313. The van der Waals surface area contributed by atoms with Gasteiger partial charge in [-0.15, -0.1) is 0 Å². The molecule has 0 rings (SSSR count). The van der Waals surface area contributed by atoms with Gasteiger partial charge in [-0.2, -0.15) is 20.3 Å². The van der Waals surface area contributed by atoms with E-state index in [1.165, 1.54) is 20.3 Å². The molecule has 20 nitrogen and oxygen atoms in total. The molecular weight excluding hydrogens is 720 g/mol. The fourth-order valence-electron chi connectivity index (χ4n) is 4.02. The Hall–Kier alpha value is -1.44. The summed E-state index contributed by atoms with van der Waals surface area (Å²) in [6.45, 7) is 47.6. The predicted molar refractivity (Wildman–Crippen MR) is 223 cm³/mol. The van der Waals surface area contributed by atoms with Crippen LogP contribution in [-0.4, -0.2) is 127 Å². The largest absolute Gasteiger partial charge is 1.00 e. The molecule has 0 saturated carbocycles. The van der Waals surface area contributed by atoms with Crippen LogP contribution in [0.3, 0.4) is 0 Å². The van der Waals surface area contributed by atoms with Crippen LogP contribution in [0.2, 0.25) is 0 Å². The van der Waals surface area contributed by atoms with Crippen molar-refractivity contribution in [2.75, 3.05) is 0 Å². The third-order valence-electron chi connectivity index (χ3n) is 5.08. The summed E-state index contributed by atoms with van der Waals surface area (Å²) in [5, 5.41) is 91.7. The zero-order chi connectivity index (χ0) is 46.3. The third kappa shape index (κ3) is 57.3. The molecule has 0 fully saturated rings. The third-order valence-corrected chi connectivity index (χ3v) is 5.08. The van der Waals surface area contributed by atoms with E-state index in [1.807, 2.05) is 166 Å². The first-order valence-corrected chi connectivity index (χ1v) is 15.7. The first-order valence-electron chi connectivity index (χ1n) is 15.7. The lowest BCUT2D eigenvalue weighted by atomic mass is 10.0. The summed E-state index contributed by atoms with van der Waals surface area (Å²) in [5.74, 6) is 0. The van der Waals surface area contributed by atoms with E-state index < -0.39 is 0 Å². The van der Waals surface area contributed by atoms with Crippen molar-refractivity contribution in [3.05, 3.63) is 19.9 Å². The van der Waals surface area contributed by atoms with Gasteiger partial charge in [0, 0.05) is 64.2 Å². The van der Waals surface area contributed by atoms with Gasteiger partial charge in [-0.05, 0) is 166 Å². The van der Waals surface area contributed by atoms with Gasteiger partial charge in [0.05, 0.1) is 0 Å². The molecule has 0 saturated heterocycles. The zero-order valence-corrected chi connectivity index (χ0v) is 36.8. The van der Waals surface area contributed by atoms with Crippen LogP contribution in [0.1, 0.15) is 184 Å². The molecule has 0 atom stereocenters. The Morgan fingerprint density at radius 3 is 0.278 bits per heavy atom. The topological polar surface area (TPSA) is 324 Å². The molecule has 0 aliphatic heterocycles. The van der Waals surface area contributed by atoms with Gasteiger partial charge >= 0.3 is 2.85 Å². The van der Waals surface area contributed by atoms with E-state index in [1.54, 1.807) is 0 Å². The number of nitrogens with zero attached hydrogens (tertiary/aromatic N) is 4. The molecule has 0 unspecified atom stereocenters. The fraction of sp³-hybridized carbons (Fsp3) is 1.00. The standard InChI is InChI=1S/4C8H19NO.2CH4.4H2O2.2O2/c4*1-7(2,3)9(10)8(4,5)6;;;6*1-2/h4*10H,1-6H3;2*1H4;4*1-2H;;/p+2. The minimum Gasteiger partial charge on any atom is -0.313 e. The minimum absolute atomic E-state index is 0. The first kappa shape index (κ1) is 84.9. The highest BCUT2D eigenvalue weighted by Gasteiger charge is 2.32. The molecule has 12 N–H and O–H groups in total. The maximum absolute atomic E-state index is 9.56. The highest BCUT2D eigenvalue weighted by molar-refractivity contribution is 4.82. The molecule has 0 aromatic heterocycles. The smallest absolute Gasteiger partial charge is 0.313 e. The van der Waals surface area contributed by atoms with E-state index >= 15 is 0 Å². The maximum Gasteiger partial charge on any atom is 1.00 e. The van der Waals surface area contributed by atoms with Crippen LogP contribution in [0.5, 0.6) is 0 Å². The number of rotatable bonds is 0. The van der Waals surface area contributed by atoms with Gasteiger partial charge in [0.1, 0.15) is 0 Å². The van der Waals surface area contributed by atoms with E-state index in [-0.39, 0.29) is 62.0 Å². The Morgan fingerprint density at radius 2 is 0.278 bits per heavy atom. The summed E-state index contributed by atoms with van der Waals surface area (Å²) in [4.78, 5) is 28.0. The van der Waals surface area contributed by atoms with E-state index in [2.05, 4.69) is 0 Å². The van der Waals surface area contributed by atoms with E-state index in [9.17, 15) is 20.8 Å². The van der Waals surface area contributed by atoms with Crippen molar-refractivity contribution in [2.45, 2.75) is 225 Å². The van der Waals surface area contributed by atoms with Gasteiger partial charge in [0.2, 0.25) is 0 Å². The van der Waals surface area contributed by atoms with Gasteiger partial charge < -0.3 is 20.8 Å². The molecule has 0 bridgehead atoms. The van der Waals surface area contributed by atoms with Gasteiger partial charge in [0.25, 0.3) is 0 Å². The van der Waals surface area contributed by atoms with Crippen molar-refractivity contribution in [3.8, 4) is 0 Å². The molecule has 0 amide bonds. The second-order valence-corrected chi connectivity index (χ2v) is 18.6. The molecule has 20 heteroatoms. The van der Waals surface area contributed by atoms with Crippen LogP contribution in [0, 0.1) is 19.9 Å². The zero-order valence-electron chi connectivity index (χ0n) is 38.8. The molecule has 0 aliphatic carbocycles.